The van der Waals surface area contributed by atoms with E-state index in [0.717, 1.165) is 0 Å². The van der Waals surface area contributed by atoms with Gasteiger partial charge in [-0.05, 0) is 26.8 Å². The lowest BCUT2D eigenvalue weighted by atomic mass is 10.0. The molecule has 0 unspecified atom stereocenters. The number of aliphatic hydroxyl groups excluding tert-OH is 1. The molecule has 0 aliphatic heterocycles. The van der Waals surface area contributed by atoms with Crippen LogP contribution >= 0.6 is 15.9 Å². The normalized spacial score (nSPS) is 10.9. The first-order valence-corrected chi connectivity index (χ1v) is 7.04. The van der Waals surface area contributed by atoms with Gasteiger partial charge in [-0.25, -0.2) is 4.79 Å². The number of carbonyl (C=O) groups is 1. The number of benzene rings is 1. The van der Waals surface area contributed by atoms with Crippen LogP contribution in [0.5, 0.6) is 5.75 Å². The molecular weight excluding hydrogens is 340 g/mol. The highest BCUT2D eigenvalue weighted by molar-refractivity contribution is 9.10. The van der Waals surface area contributed by atoms with Gasteiger partial charge < -0.3 is 14.9 Å². The minimum atomic E-state index is -0.722. The Bertz CT molecular complexity index is 588. The van der Waals surface area contributed by atoms with Crippen molar-refractivity contribution in [2.75, 3.05) is 11.9 Å². The fraction of sp³-hybridized carbons (Fsp3) is 0.429. The summed E-state index contributed by atoms with van der Waals surface area (Å²) in [6.07, 6.45) is -0.534. The number of nitrogens with one attached hydrogen (secondary N) is 1. The van der Waals surface area contributed by atoms with E-state index in [-0.39, 0.29) is 30.0 Å². The molecule has 1 rings (SSSR count). The number of nitriles is 1. The highest BCUT2D eigenvalue weighted by Crippen LogP contribution is 2.35. The molecule has 0 atom stereocenters. The first-order valence-electron chi connectivity index (χ1n) is 6.25. The molecule has 3 N–H and O–H groups in total. The zero-order valence-electron chi connectivity index (χ0n) is 12.0. The van der Waals surface area contributed by atoms with Crippen LogP contribution in [0.2, 0.25) is 0 Å². The molecule has 1 amide bonds. The molecule has 0 bridgehead atoms. The van der Waals surface area contributed by atoms with E-state index in [4.69, 9.17) is 15.1 Å². The van der Waals surface area contributed by atoms with Crippen molar-refractivity contribution in [2.45, 2.75) is 32.8 Å². The highest BCUT2D eigenvalue weighted by Gasteiger charge is 2.21. The Hall–Kier alpha value is -1.78. The SMILES string of the molecule is CC(C)(C)OC(=O)Nc1cc(Br)c(CCO)c(O)c1C#N. The predicted octanol–water partition coefficient (Wildman–Crippen LogP) is 2.91. The van der Waals surface area contributed by atoms with Crippen LogP contribution in [-0.4, -0.2) is 28.5 Å². The van der Waals surface area contributed by atoms with E-state index in [9.17, 15) is 9.90 Å². The van der Waals surface area contributed by atoms with Crippen molar-refractivity contribution in [1.82, 2.24) is 0 Å². The highest BCUT2D eigenvalue weighted by atomic mass is 79.9. The topological polar surface area (TPSA) is 103 Å². The van der Waals surface area contributed by atoms with E-state index in [2.05, 4.69) is 21.2 Å². The Balaban J connectivity index is 3.15. The van der Waals surface area contributed by atoms with Gasteiger partial charge in [0.2, 0.25) is 0 Å². The van der Waals surface area contributed by atoms with Crippen LogP contribution < -0.4 is 5.32 Å². The third kappa shape index (κ3) is 4.62. The second-order valence-corrected chi connectivity index (χ2v) is 6.17. The van der Waals surface area contributed by atoms with Crippen molar-refractivity contribution in [2.24, 2.45) is 0 Å². The molecule has 0 aliphatic carbocycles. The summed E-state index contributed by atoms with van der Waals surface area (Å²) in [6.45, 7) is 4.98. The van der Waals surface area contributed by atoms with Gasteiger partial charge in [0.05, 0.1) is 5.69 Å². The van der Waals surface area contributed by atoms with Gasteiger partial charge in [-0.1, -0.05) is 15.9 Å². The Morgan fingerprint density at radius 1 is 1.52 bits per heavy atom. The van der Waals surface area contributed by atoms with Crippen LogP contribution in [-0.2, 0) is 11.2 Å². The summed E-state index contributed by atoms with van der Waals surface area (Å²) in [7, 11) is 0. The van der Waals surface area contributed by atoms with E-state index < -0.39 is 11.7 Å². The van der Waals surface area contributed by atoms with Gasteiger partial charge in [0.1, 0.15) is 23.0 Å². The minimum absolute atomic E-state index is 0.0764. The molecule has 0 saturated heterocycles. The van der Waals surface area contributed by atoms with Crippen molar-refractivity contribution in [1.29, 1.82) is 5.26 Å². The lowest BCUT2D eigenvalue weighted by Gasteiger charge is -2.20. The van der Waals surface area contributed by atoms with Crippen molar-refractivity contribution >= 4 is 27.7 Å². The zero-order valence-corrected chi connectivity index (χ0v) is 13.6. The molecule has 0 aliphatic rings. The van der Waals surface area contributed by atoms with Gasteiger partial charge in [-0.15, -0.1) is 0 Å². The number of carbonyl (C=O) groups excluding carboxylic acids is 1. The first-order chi connectivity index (χ1) is 9.69. The van der Waals surface area contributed by atoms with E-state index in [1.807, 2.05) is 6.07 Å². The van der Waals surface area contributed by atoms with Crippen LogP contribution in [0.4, 0.5) is 10.5 Å². The minimum Gasteiger partial charge on any atom is -0.506 e. The number of nitrogens with zero attached hydrogens (tertiary/aromatic N) is 1. The van der Waals surface area contributed by atoms with Crippen LogP contribution in [0.15, 0.2) is 10.5 Å². The van der Waals surface area contributed by atoms with Crippen molar-refractivity contribution in [3.8, 4) is 11.8 Å². The second kappa shape index (κ2) is 6.78. The Morgan fingerprint density at radius 2 is 2.14 bits per heavy atom. The van der Waals surface area contributed by atoms with Crippen molar-refractivity contribution in [3.05, 3.63) is 21.7 Å². The largest absolute Gasteiger partial charge is 0.506 e. The molecular formula is C14H17BrN2O4. The number of rotatable bonds is 3. The molecule has 7 heteroatoms. The number of aromatic hydroxyl groups is 1. The van der Waals surface area contributed by atoms with Crippen LogP contribution in [0.3, 0.4) is 0 Å². The number of anilines is 1. The fourth-order valence-electron chi connectivity index (χ4n) is 1.65. The third-order valence-electron chi connectivity index (χ3n) is 2.46. The lowest BCUT2D eigenvalue weighted by molar-refractivity contribution is 0.0636. The molecule has 1 aromatic rings. The summed E-state index contributed by atoms with van der Waals surface area (Å²) in [5.41, 5.74) is -0.207. The number of amides is 1. The van der Waals surface area contributed by atoms with E-state index in [0.29, 0.717) is 10.0 Å². The quantitative estimate of drug-likeness (QED) is 0.772. The maximum atomic E-state index is 11.7. The van der Waals surface area contributed by atoms with Crippen molar-refractivity contribution in [3.63, 3.8) is 0 Å². The Kier molecular flexibility index (Phi) is 5.58. The summed E-state index contributed by atoms with van der Waals surface area (Å²) < 4.78 is 5.59. The van der Waals surface area contributed by atoms with E-state index >= 15 is 0 Å². The Morgan fingerprint density at radius 3 is 2.62 bits per heavy atom. The molecule has 114 valence electrons. The average Bonchev–Trinajstić information content (AvgIpc) is 2.32. The standard InChI is InChI=1S/C14H17BrN2O4/c1-14(2,3)21-13(20)17-11-6-10(15)8(4-5-18)12(19)9(11)7-16/h6,18-19H,4-5H2,1-3H3,(H,17,20). The molecule has 0 radical (unpaired) electrons. The van der Waals surface area contributed by atoms with Crippen LogP contribution in [0.1, 0.15) is 31.9 Å². The number of phenols is 1. The number of hydrogen-bond donors (Lipinski definition) is 3. The molecule has 0 heterocycles. The maximum absolute atomic E-state index is 11.7. The fourth-order valence-corrected chi connectivity index (χ4v) is 2.27. The number of phenolic OH excluding ortho intramolecular Hbond substituents is 1. The van der Waals surface area contributed by atoms with Gasteiger partial charge >= 0.3 is 6.09 Å². The third-order valence-corrected chi connectivity index (χ3v) is 3.17. The number of halogens is 1. The van der Waals surface area contributed by atoms with Crippen LogP contribution in [0.25, 0.3) is 0 Å². The molecule has 0 fully saturated rings. The zero-order chi connectivity index (χ0) is 16.2. The maximum Gasteiger partial charge on any atom is 0.412 e. The van der Waals surface area contributed by atoms with Gasteiger partial charge in [0.15, 0.2) is 0 Å². The summed E-state index contributed by atoms with van der Waals surface area (Å²) in [6, 6.07) is 3.33. The lowest BCUT2D eigenvalue weighted by Crippen LogP contribution is -2.27. The summed E-state index contributed by atoms with van der Waals surface area (Å²) in [4.78, 5) is 11.7. The number of ether oxygens (including phenoxy) is 1. The van der Waals surface area contributed by atoms with Gasteiger partial charge in [-0.3, -0.25) is 5.32 Å². The smallest absolute Gasteiger partial charge is 0.412 e. The summed E-state index contributed by atoms with van der Waals surface area (Å²) in [5.74, 6) is -0.271. The van der Waals surface area contributed by atoms with Gasteiger partial charge in [0.25, 0.3) is 0 Å². The van der Waals surface area contributed by atoms with Gasteiger partial charge in [0, 0.05) is 23.1 Å². The predicted molar refractivity (Wildman–Crippen MR) is 81.2 cm³/mol. The molecule has 0 spiro atoms. The molecule has 0 saturated carbocycles. The van der Waals surface area contributed by atoms with E-state index in [1.54, 1.807) is 20.8 Å². The summed E-state index contributed by atoms with van der Waals surface area (Å²) >= 11 is 3.24. The first kappa shape index (κ1) is 17.3. The second-order valence-electron chi connectivity index (χ2n) is 5.32. The molecule has 1 aromatic carbocycles. The van der Waals surface area contributed by atoms with Crippen molar-refractivity contribution < 1.29 is 19.7 Å². The summed E-state index contributed by atoms with van der Waals surface area (Å²) in [5, 5.41) is 30.6. The molecule has 21 heavy (non-hydrogen) atoms. The molecule has 0 aromatic heterocycles. The molecule has 6 nitrogen and oxygen atoms in total. The average molecular weight is 357 g/mol. The number of aliphatic hydroxyl groups is 1. The van der Waals surface area contributed by atoms with Crippen LogP contribution in [0, 0.1) is 11.3 Å². The monoisotopic (exact) mass is 356 g/mol. The Labute approximate surface area is 131 Å². The van der Waals surface area contributed by atoms with E-state index in [1.165, 1.54) is 6.07 Å². The number of hydrogen-bond acceptors (Lipinski definition) is 5. The van der Waals surface area contributed by atoms with Gasteiger partial charge in [-0.2, -0.15) is 5.26 Å².